The van der Waals surface area contributed by atoms with Crippen LogP contribution in [0.1, 0.15) is 26.7 Å². The zero-order valence-corrected chi connectivity index (χ0v) is 15.7. The lowest BCUT2D eigenvalue weighted by molar-refractivity contribution is 0.587. The Kier molecular flexibility index (Phi) is 5.20. The van der Waals surface area contributed by atoms with Gasteiger partial charge >= 0.3 is 0 Å². The van der Waals surface area contributed by atoms with E-state index in [2.05, 4.69) is 26.5 Å². The molecular formula is C22H24NOP. The number of nitrogens with zero attached hydrogens (tertiary/aromatic N) is 1. The minimum Gasteiger partial charge on any atom is -0.288 e. The number of rotatable bonds is 4. The van der Waals surface area contributed by atoms with E-state index in [0.717, 1.165) is 40.3 Å². The number of hydrogen-bond donors (Lipinski definition) is 0. The van der Waals surface area contributed by atoms with Gasteiger partial charge in [-0.05, 0) is 62.4 Å². The van der Waals surface area contributed by atoms with Crippen molar-refractivity contribution in [3.63, 3.8) is 0 Å². The highest BCUT2D eigenvalue weighted by Gasteiger charge is 2.29. The molecule has 1 atom stereocenters. The Morgan fingerprint density at radius 2 is 1.56 bits per heavy atom. The first kappa shape index (κ1) is 17.6. The summed E-state index contributed by atoms with van der Waals surface area (Å²) in [7, 11) is -3.07. The lowest BCUT2D eigenvalue weighted by atomic mass is 9.85. The average Bonchev–Trinajstić information content (AvgIpc) is 2.64. The molecule has 0 heterocycles. The molecule has 1 aliphatic carbocycles. The third-order valence-electron chi connectivity index (χ3n) is 4.77. The Hall–Kier alpha value is -2.18. The predicted molar refractivity (Wildman–Crippen MR) is 108 cm³/mol. The van der Waals surface area contributed by atoms with E-state index in [9.17, 15) is 4.57 Å². The van der Waals surface area contributed by atoms with Crippen LogP contribution >= 0.6 is 7.29 Å². The monoisotopic (exact) mass is 349 g/mol. The van der Waals surface area contributed by atoms with Crippen LogP contribution < -0.4 is 10.6 Å². The largest absolute Gasteiger partial charge is 0.288 e. The van der Waals surface area contributed by atoms with Gasteiger partial charge in [-0.1, -0.05) is 54.6 Å². The summed E-state index contributed by atoms with van der Waals surface area (Å²) in [5.41, 5.74) is 3.23. The van der Waals surface area contributed by atoms with Gasteiger partial charge in [0.25, 0.3) is 0 Å². The van der Waals surface area contributed by atoms with Crippen LogP contribution in [0.5, 0.6) is 0 Å². The minimum atomic E-state index is -3.07. The minimum absolute atomic E-state index is 0.377. The van der Waals surface area contributed by atoms with Gasteiger partial charge in [-0.15, -0.1) is 0 Å². The van der Waals surface area contributed by atoms with Gasteiger partial charge in [-0.25, -0.2) is 4.76 Å². The molecular weight excluding hydrogens is 325 g/mol. The maximum absolute atomic E-state index is 14.1. The summed E-state index contributed by atoms with van der Waals surface area (Å²) in [4.78, 5) is 0. The second kappa shape index (κ2) is 7.37. The Balaban J connectivity index is 2.13. The lowest BCUT2D eigenvalue weighted by Gasteiger charge is -2.24. The van der Waals surface area contributed by atoms with Gasteiger partial charge in [0, 0.05) is 16.3 Å². The highest BCUT2D eigenvalue weighted by atomic mass is 31.2. The van der Waals surface area contributed by atoms with Gasteiger partial charge in [-0.3, -0.25) is 4.57 Å². The molecule has 1 unspecified atom stereocenters. The molecule has 0 saturated carbocycles. The second-order valence-electron chi connectivity index (χ2n) is 6.66. The van der Waals surface area contributed by atoms with Crippen LogP contribution in [0.2, 0.25) is 0 Å². The van der Waals surface area contributed by atoms with E-state index in [1.54, 1.807) is 0 Å². The van der Waals surface area contributed by atoms with E-state index < -0.39 is 7.29 Å². The van der Waals surface area contributed by atoms with Gasteiger partial charge in [0.2, 0.25) is 7.29 Å². The fourth-order valence-electron chi connectivity index (χ4n) is 3.10. The summed E-state index contributed by atoms with van der Waals surface area (Å²) in [5, 5.41) is 1.55. The Labute approximate surface area is 150 Å². The van der Waals surface area contributed by atoms with Gasteiger partial charge < -0.3 is 0 Å². The van der Waals surface area contributed by atoms with Crippen molar-refractivity contribution in [2.24, 2.45) is 10.7 Å². The fourth-order valence-corrected chi connectivity index (χ4v) is 5.37. The molecule has 2 aromatic rings. The van der Waals surface area contributed by atoms with Crippen LogP contribution in [0.4, 0.5) is 0 Å². The third-order valence-corrected chi connectivity index (χ3v) is 7.29. The average molecular weight is 349 g/mol. The van der Waals surface area contributed by atoms with Crippen molar-refractivity contribution in [3.05, 3.63) is 84.5 Å². The summed E-state index contributed by atoms with van der Waals surface area (Å²) >= 11 is 0. The quantitative estimate of drug-likeness (QED) is 0.545. The topological polar surface area (TPSA) is 29.4 Å². The van der Waals surface area contributed by atoms with E-state index in [4.69, 9.17) is 4.76 Å². The molecule has 0 saturated heterocycles. The molecule has 3 rings (SSSR count). The van der Waals surface area contributed by atoms with Crippen molar-refractivity contribution < 1.29 is 4.57 Å². The van der Waals surface area contributed by atoms with E-state index >= 15 is 0 Å². The van der Waals surface area contributed by atoms with Crippen molar-refractivity contribution in [3.8, 4) is 0 Å². The molecule has 128 valence electrons. The van der Waals surface area contributed by atoms with Gasteiger partial charge in [-0.2, -0.15) is 0 Å². The molecule has 0 aromatic heterocycles. The summed E-state index contributed by atoms with van der Waals surface area (Å²) in [6.07, 6.45) is 3.99. The summed E-state index contributed by atoms with van der Waals surface area (Å²) in [5.74, 6) is 0.377. The molecule has 0 amide bonds. The van der Waals surface area contributed by atoms with Crippen molar-refractivity contribution >= 4 is 23.6 Å². The number of benzene rings is 2. The molecule has 0 radical (unpaired) electrons. The lowest BCUT2D eigenvalue weighted by Crippen LogP contribution is -2.19. The molecule has 0 bridgehead atoms. The molecule has 0 spiro atoms. The first-order valence-electron chi connectivity index (χ1n) is 8.63. The number of hydrogen-bond acceptors (Lipinski definition) is 1. The van der Waals surface area contributed by atoms with Crippen LogP contribution in [-0.4, -0.2) is 5.71 Å². The van der Waals surface area contributed by atoms with Gasteiger partial charge in [0.05, 0.1) is 0 Å². The highest BCUT2D eigenvalue weighted by Crippen LogP contribution is 2.46. The van der Waals surface area contributed by atoms with Crippen LogP contribution in [-0.2, 0) is 4.57 Å². The molecule has 2 nitrogen and oxygen atoms in total. The first-order valence-corrected chi connectivity index (χ1v) is 10.3. The van der Waals surface area contributed by atoms with Crippen LogP contribution in [0.25, 0.3) is 0 Å². The fraction of sp³-hybridized carbons (Fsp3) is 0.227. The van der Waals surface area contributed by atoms with E-state index in [-0.39, 0.29) is 0 Å². The Bertz CT molecular complexity index is 822. The van der Waals surface area contributed by atoms with Crippen molar-refractivity contribution in [2.45, 2.75) is 26.7 Å². The SMILES string of the molecule is C=C(C)C1CC=C(C)/C(=N/P(=O)(c2ccccc2)c2ccccc2)C1. The summed E-state index contributed by atoms with van der Waals surface area (Å²) in [6.45, 7) is 8.22. The van der Waals surface area contributed by atoms with Gasteiger partial charge in [0.15, 0.2) is 0 Å². The summed E-state index contributed by atoms with van der Waals surface area (Å²) < 4.78 is 19.0. The maximum Gasteiger partial charge on any atom is 0.247 e. The molecule has 2 aromatic carbocycles. The maximum atomic E-state index is 14.1. The van der Waals surface area contributed by atoms with Crippen molar-refractivity contribution in [2.75, 3.05) is 0 Å². The normalized spacial score (nSPS) is 19.5. The second-order valence-corrected chi connectivity index (χ2v) is 9.05. The first-order chi connectivity index (χ1) is 12.0. The predicted octanol–water partition coefficient (Wildman–Crippen LogP) is 5.29. The smallest absolute Gasteiger partial charge is 0.247 e. The highest BCUT2D eigenvalue weighted by molar-refractivity contribution is 7.77. The van der Waals surface area contributed by atoms with Crippen LogP contribution in [0.3, 0.4) is 0 Å². The molecule has 0 aliphatic heterocycles. The van der Waals surface area contributed by atoms with Crippen LogP contribution in [0, 0.1) is 5.92 Å². The molecule has 3 heteroatoms. The Morgan fingerprint density at radius 1 is 1.04 bits per heavy atom. The van der Waals surface area contributed by atoms with E-state index in [0.29, 0.717) is 5.92 Å². The third kappa shape index (κ3) is 3.75. The molecule has 0 fully saturated rings. The molecule has 1 aliphatic rings. The van der Waals surface area contributed by atoms with Crippen molar-refractivity contribution in [1.82, 2.24) is 0 Å². The van der Waals surface area contributed by atoms with Gasteiger partial charge in [0.1, 0.15) is 0 Å². The van der Waals surface area contributed by atoms with E-state index in [1.165, 1.54) is 0 Å². The van der Waals surface area contributed by atoms with Crippen molar-refractivity contribution in [1.29, 1.82) is 0 Å². The van der Waals surface area contributed by atoms with E-state index in [1.807, 2.05) is 60.7 Å². The number of allylic oxidation sites excluding steroid dienone is 3. The van der Waals surface area contributed by atoms with Crippen LogP contribution in [0.15, 0.2) is 89.2 Å². The molecule has 25 heavy (non-hydrogen) atoms. The summed E-state index contributed by atoms with van der Waals surface area (Å²) in [6, 6.07) is 19.2. The Morgan fingerprint density at radius 3 is 2.04 bits per heavy atom. The molecule has 0 N–H and O–H groups in total. The zero-order valence-electron chi connectivity index (χ0n) is 14.9. The zero-order chi connectivity index (χ0) is 17.9. The standard InChI is InChI=1S/C22H24NOP/c1-17(2)19-15-14-18(3)22(16-19)23-25(24,20-10-6-4-7-11-20)21-12-8-5-9-13-21/h4-14,19H,1,15-16H2,2-3H3/b23-22+.